The molecule has 0 rings (SSSR count). The van der Waals surface area contributed by atoms with E-state index >= 15 is 0 Å². The van der Waals surface area contributed by atoms with Crippen LogP contribution in [0.3, 0.4) is 0 Å². The van der Waals surface area contributed by atoms with Gasteiger partial charge >= 0.3 is 0 Å². The van der Waals surface area contributed by atoms with Crippen molar-refractivity contribution in [2.45, 2.75) is 25.8 Å². The van der Waals surface area contributed by atoms with Gasteiger partial charge in [0.05, 0.1) is 6.61 Å². The maximum absolute atomic E-state index is 8.85. The van der Waals surface area contributed by atoms with Crippen LogP contribution in [0.2, 0.25) is 0 Å². The van der Waals surface area contributed by atoms with Crippen LogP contribution in [0.1, 0.15) is 19.8 Å². The molecule has 0 aromatic rings. The third-order valence-electron chi connectivity index (χ3n) is 1.92. The highest BCUT2D eigenvalue weighted by Gasteiger charge is 2.08. The molecule has 0 spiro atoms. The molecule has 2 nitrogen and oxygen atoms in total. The van der Waals surface area contributed by atoms with Gasteiger partial charge in [-0.05, 0) is 25.8 Å². The highest BCUT2D eigenvalue weighted by Crippen LogP contribution is 2.04. The van der Waals surface area contributed by atoms with Crippen molar-refractivity contribution in [1.82, 2.24) is 5.32 Å². The Morgan fingerprint density at radius 1 is 1.45 bits per heavy atom. The summed E-state index contributed by atoms with van der Waals surface area (Å²) in [5, 5.41) is 11.9. The number of likely N-dealkylation sites (N-methyl/N-ethyl adjacent to an activating group) is 1. The van der Waals surface area contributed by atoms with E-state index in [-0.39, 0.29) is 6.61 Å². The fraction of sp³-hybridized carbons (Fsp3) is 1.00. The molecular weight excluding hydrogens is 253 g/mol. The van der Waals surface area contributed by atoms with Gasteiger partial charge in [0.15, 0.2) is 0 Å². The molecule has 0 radical (unpaired) electrons. The number of aliphatic hydroxyl groups excluding tert-OH is 1. The molecule has 0 heterocycles. The lowest BCUT2D eigenvalue weighted by atomic mass is 10.0. The van der Waals surface area contributed by atoms with Crippen molar-refractivity contribution in [2.75, 3.05) is 18.1 Å². The van der Waals surface area contributed by atoms with Gasteiger partial charge in [0.2, 0.25) is 0 Å². The third kappa shape index (κ3) is 5.87. The molecule has 0 bridgehead atoms. The van der Waals surface area contributed by atoms with Gasteiger partial charge in [0, 0.05) is 6.04 Å². The zero-order chi connectivity index (χ0) is 8.69. The first-order valence-electron chi connectivity index (χ1n) is 4.10. The normalized spacial score (nSPS) is 16.4. The highest BCUT2D eigenvalue weighted by molar-refractivity contribution is 4.63. The molecule has 0 aliphatic carbocycles. The SMILES string of the molecule is CNC(CO)CCC(C)C[IH+]. The van der Waals surface area contributed by atoms with Crippen LogP contribution in [0.5, 0.6) is 0 Å². The van der Waals surface area contributed by atoms with Crippen molar-refractivity contribution in [2.24, 2.45) is 5.92 Å². The van der Waals surface area contributed by atoms with Crippen molar-refractivity contribution in [3.05, 3.63) is 0 Å². The molecule has 3 heteroatoms. The van der Waals surface area contributed by atoms with Gasteiger partial charge in [-0.15, -0.1) is 0 Å². The van der Waals surface area contributed by atoms with E-state index in [0.29, 0.717) is 6.04 Å². The summed E-state index contributed by atoms with van der Waals surface area (Å²) in [6.45, 7) is 2.51. The van der Waals surface area contributed by atoms with Crippen LogP contribution in [-0.2, 0) is 0 Å². The van der Waals surface area contributed by atoms with Crippen LogP contribution in [-0.4, -0.2) is 29.2 Å². The molecule has 68 valence electrons. The molecule has 0 saturated carbocycles. The molecule has 0 aliphatic rings. The fourth-order valence-corrected chi connectivity index (χ4v) is 1.37. The Balaban J connectivity index is 3.34. The molecule has 2 atom stereocenters. The minimum absolute atomic E-state index is 0.258. The van der Waals surface area contributed by atoms with Crippen molar-refractivity contribution in [3.8, 4) is 0 Å². The van der Waals surface area contributed by atoms with E-state index in [1.54, 1.807) is 0 Å². The topological polar surface area (TPSA) is 32.3 Å². The van der Waals surface area contributed by atoms with E-state index in [4.69, 9.17) is 5.11 Å². The van der Waals surface area contributed by atoms with Crippen molar-refractivity contribution < 1.29 is 27.7 Å². The largest absolute Gasteiger partial charge is 0.395 e. The van der Waals surface area contributed by atoms with E-state index in [2.05, 4.69) is 34.8 Å². The fourth-order valence-electron chi connectivity index (χ4n) is 0.896. The number of rotatable bonds is 6. The number of hydrogen-bond acceptors (Lipinski definition) is 2. The van der Waals surface area contributed by atoms with Gasteiger partial charge in [-0.2, -0.15) is 0 Å². The first-order valence-corrected chi connectivity index (χ1v) is 5.75. The van der Waals surface area contributed by atoms with Crippen LogP contribution in [0.15, 0.2) is 0 Å². The van der Waals surface area contributed by atoms with Crippen LogP contribution in [0.25, 0.3) is 0 Å². The Morgan fingerprint density at radius 3 is 2.45 bits per heavy atom. The molecule has 2 N–H and O–H groups in total. The Morgan fingerprint density at radius 2 is 2.09 bits per heavy atom. The lowest BCUT2D eigenvalue weighted by molar-refractivity contribution is -0.378. The Bertz CT molecular complexity index is 86.2. The van der Waals surface area contributed by atoms with E-state index in [0.717, 1.165) is 12.3 Å². The second kappa shape index (κ2) is 7.31. The van der Waals surface area contributed by atoms with Crippen molar-refractivity contribution >= 4 is 0 Å². The summed E-state index contributed by atoms with van der Waals surface area (Å²) in [5.41, 5.74) is 0. The van der Waals surface area contributed by atoms with E-state index < -0.39 is 0 Å². The van der Waals surface area contributed by atoms with Crippen molar-refractivity contribution in [1.29, 1.82) is 0 Å². The monoisotopic (exact) mass is 272 g/mol. The van der Waals surface area contributed by atoms with Gasteiger partial charge < -0.3 is 10.4 Å². The smallest absolute Gasteiger partial charge is 0.252 e. The molecule has 2 unspecified atom stereocenters. The van der Waals surface area contributed by atoms with E-state index in [1.807, 2.05) is 7.05 Å². The molecule has 0 fully saturated rings. The number of nitrogens with one attached hydrogen (secondary N) is 1. The van der Waals surface area contributed by atoms with E-state index in [9.17, 15) is 0 Å². The van der Waals surface area contributed by atoms with Gasteiger partial charge in [-0.1, -0.05) is 6.92 Å². The molecule has 0 aromatic heterocycles. The van der Waals surface area contributed by atoms with Crippen LogP contribution in [0.4, 0.5) is 0 Å². The molecule has 0 saturated heterocycles. The average Bonchev–Trinajstić information content (AvgIpc) is 2.06. The summed E-state index contributed by atoms with van der Waals surface area (Å²) in [6, 6.07) is 0.296. The zero-order valence-corrected chi connectivity index (χ0v) is 9.67. The van der Waals surface area contributed by atoms with Gasteiger partial charge in [0.1, 0.15) is 4.43 Å². The van der Waals surface area contributed by atoms with Gasteiger partial charge in [-0.3, -0.25) is 0 Å². The first kappa shape index (κ1) is 11.6. The Labute approximate surface area is 82.9 Å². The quantitative estimate of drug-likeness (QED) is 0.406. The van der Waals surface area contributed by atoms with Crippen LogP contribution < -0.4 is 27.9 Å². The minimum Gasteiger partial charge on any atom is -0.395 e. The molecule has 0 amide bonds. The summed E-state index contributed by atoms with van der Waals surface area (Å²) < 4.78 is 1.25. The summed E-state index contributed by atoms with van der Waals surface area (Å²) >= 11 is 2.14. The second-order valence-corrected chi connectivity index (χ2v) is 3.97. The number of hydrogen-bond donors (Lipinski definition) is 2. The maximum atomic E-state index is 8.85. The Hall–Kier alpha value is 0.650. The molecule has 11 heavy (non-hydrogen) atoms. The predicted octanol–water partition coefficient (Wildman–Crippen LogP) is -2.73. The highest BCUT2D eigenvalue weighted by atomic mass is 127. The predicted molar refractivity (Wildman–Crippen MR) is 44.6 cm³/mol. The zero-order valence-electron chi connectivity index (χ0n) is 7.34. The minimum atomic E-state index is 0.258. The average molecular weight is 272 g/mol. The molecule has 0 aliphatic heterocycles. The second-order valence-electron chi connectivity index (χ2n) is 3.02. The standard InChI is InChI=1S/C8H19INO/c1-7(5-9)3-4-8(6-11)10-2/h7-11H,3-6H2,1-2H3/q+1. The third-order valence-corrected chi connectivity index (χ3v) is 3.55. The number of aliphatic hydroxyl groups is 1. The number of alkyl halides is 1. The first-order chi connectivity index (χ1) is 5.24. The lowest BCUT2D eigenvalue weighted by Crippen LogP contribution is -3.35. The van der Waals surface area contributed by atoms with E-state index in [1.165, 1.54) is 10.8 Å². The Kier molecular flexibility index (Phi) is 7.74. The van der Waals surface area contributed by atoms with Crippen molar-refractivity contribution in [3.63, 3.8) is 0 Å². The van der Waals surface area contributed by atoms with Crippen LogP contribution in [0, 0.1) is 5.92 Å². The summed E-state index contributed by atoms with van der Waals surface area (Å²) in [4.78, 5) is 0. The summed E-state index contributed by atoms with van der Waals surface area (Å²) in [7, 11) is 1.90. The van der Waals surface area contributed by atoms with Gasteiger partial charge in [-0.25, -0.2) is 0 Å². The molecular formula is C8H19INO+. The van der Waals surface area contributed by atoms with Gasteiger partial charge in [0.25, 0.3) is 22.6 Å². The maximum Gasteiger partial charge on any atom is 0.252 e. The summed E-state index contributed by atoms with van der Waals surface area (Å²) in [6.07, 6.45) is 2.30. The lowest BCUT2D eigenvalue weighted by Gasteiger charge is -2.13. The van der Waals surface area contributed by atoms with Crippen LogP contribution >= 0.6 is 0 Å². The number of halogens is 1. The summed E-state index contributed by atoms with van der Waals surface area (Å²) in [5.74, 6) is 0.794. The molecule has 0 aromatic carbocycles.